The molecule has 1 saturated carbocycles. The Morgan fingerprint density at radius 2 is 2.06 bits per heavy atom. The van der Waals surface area contributed by atoms with Crippen molar-refractivity contribution in [2.45, 2.75) is 50.7 Å². The van der Waals surface area contributed by atoms with E-state index < -0.39 is 5.60 Å². The average molecular weight is 365 g/mol. The zero-order valence-electron chi connectivity index (χ0n) is 11.0. The SMILES string of the molecule is CCNC(=NCC1(O)CCC1)NC1CC=CC1.I. The minimum Gasteiger partial charge on any atom is -0.388 e. The average Bonchev–Trinajstić information content (AvgIpc) is 2.76. The van der Waals surface area contributed by atoms with Crippen LogP contribution in [0.15, 0.2) is 17.1 Å². The van der Waals surface area contributed by atoms with E-state index in [0.29, 0.717) is 12.6 Å². The van der Waals surface area contributed by atoms with Crippen molar-refractivity contribution in [3.63, 3.8) is 0 Å². The van der Waals surface area contributed by atoms with Crippen LogP contribution < -0.4 is 10.6 Å². The van der Waals surface area contributed by atoms with E-state index in [1.165, 1.54) is 0 Å². The van der Waals surface area contributed by atoms with E-state index in [0.717, 1.165) is 44.6 Å². The van der Waals surface area contributed by atoms with Gasteiger partial charge in [0.2, 0.25) is 0 Å². The minimum absolute atomic E-state index is 0. The third kappa shape index (κ3) is 4.42. The number of aliphatic hydroxyl groups is 1. The summed E-state index contributed by atoms with van der Waals surface area (Å²) in [6, 6.07) is 0.462. The monoisotopic (exact) mass is 365 g/mol. The standard InChI is InChI=1S/C13H23N3O.HI/c1-2-14-12(16-11-6-3-4-7-11)15-10-13(17)8-5-9-13;/h3-4,11,17H,2,5-10H2,1H3,(H2,14,15,16);1H. The van der Waals surface area contributed by atoms with Gasteiger partial charge < -0.3 is 15.7 Å². The fourth-order valence-electron chi connectivity index (χ4n) is 2.22. The van der Waals surface area contributed by atoms with Gasteiger partial charge in [0.05, 0.1) is 12.1 Å². The van der Waals surface area contributed by atoms with Crippen LogP contribution in [0.1, 0.15) is 39.0 Å². The van der Waals surface area contributed by atoms with E-state index in [4.69, 9.17) is 0 Å². The van der Waals surface area contributed by atoms with Crippen LogP contribution >= 0.6 is 24.0 Å². The molecule has 0 spiro atoms. The van der Waals surface area contributed by atoms with Gasteiger partial charge in [-0.25, -0.2) is 0 Å². The van der Waals surface area contributed by atoms with Crippen molar-refractivity contribution in [3.8, 4) is 0 Å². The van der Waals surface area contributed by atoms with Crippen molar-refractivity contribution in [3.05, 3.63) is 12.2 Å². The van der Waals surface area contributed by atoms with Gasteiger partial charge in [-0.15, -0.1) is 24.0 Å². The Labute approximate surface area is 126 Å². The van der Waals surface area contributed by atoms with Crippen molar-refractivity contribution < 1.29 is 5.11 Å². The molecule has 0 heterocycles. The molecule has 0 aliphatic heterocycles. The van der Waals surface area contributed by atoms with Crippen LogP contribution in [0.2, 0.25) is 0 Å². The summed E-state index contributed by atoms with van der Waals surface area (Å²) in [5.41, 5.74) is -0.531. The van der Waals surface area contributed by atoms with Crippen LogP contribution in [-0.2, 0) is 0 Å². The van der Waals surface area contributed by atoms with E-state index in [-0.39, 0.29) is 24.0 Å². The molecule has 0 unspecified atom stereocenters. The van der Waals surface area contributed by atoms with Gasteiger partial charge in [-0.3, -0.25) is 4.99 Å². The summed E-state index contributed by atoms with van der Waals surface area (Å²) in [7, 11) is 0. The third-order valence-electron chi connectivity index (χ3n) is 3.51. The van der Waals surface area contributed by atoms with Gasteiger partial charge in [-0.05, 0) is 39.0 Å². The van der Waals surface area contributed by atoms with Crippen LogP contribution in [-0.4, -0.2) is 35.8 Å². The lowest BCUT2D eigenvalue weighted by atomic mass is 9.80. The van der Waals surface area contributed by atoms with Gasteiger partial charge in [-0.1, -0.05) is 12.2 Å². The highest BCUT2D eigenvalue weighted by molar-refractivity contribution is 14.0. The molecule has 0 aromatic heterocycles. The molecule has 0 radical (unpaired) electrons. The zero-order valence-corrected chi connectivity index (χ0v) is 13.3. The Morgan fingerprint density at radius 1 is 1.39 bits per heavy atom. The lowest BCUT2D eigenvalue weighted by Crippen LogP contribution is -2.45. The maximum absolute atomic E-state index is 10.0. The van der Waals surface area contributed by atoms with Gasteiger partial charge in [-0.2, -0.15) is 0 Å². The number of guanidine groups is 1. The highest BCUT2D eigenvalue weighted by atomic mass is 127. The molecular weight excluding hydrogens is 341 g/mol. The summed E-state index contributed by atoms with van der Waals surface area (Å²) in [5.74, 6) is 0.835. The molecule has 104 valence electrons. The first kappa shape index (κ1) is 15.8. The normalized spacial score (nSPS) is 22.2. The fourth-order valence-corrected chi connectivity index (χ4v) is 2.22. The largest absolute Gasteiger partial charge is 0.388 e. The predicted octanol–water partition coefficient (Wildman–Crippen LogP) is 1.79. The van der Waals surface area contributed by atoms with E-state index in [9.17, 15) is 5.11 Å². The van der Waals surface area contributed by atoms with Crippen molar-refractivity contribution in [2.75, 3.05) is 13.1 Å². The van der Waals surface area contributed by atoms with E-state index in [1.54, 1.807) is 0 Å². The first-order valence-electron chi connectivity index (χ1n) is 6.64. The number of rotatable bonds is 4. The molecule has 0 aromatic carbocycles. The molecule has 0 amide bonds. The lowest BCUT2D eigenvalue weighted by Gasteiger charge is -2.35. The van der Waals surface area contributed by atoms with E-state index >= 15 is 0 Å². The Bertz CT molecular complexity index is 305. The van der Waals surface area contributed by atoms with Crippen LogP contribution in [0.5, 0.6) is 0 Å². The lowest BCUT2D eigenvalue weighted by molar-refractivity contribution is -0.0236. The first-order chi connectivity index (χ1) is 8.22. The highest BCUT2D eigenvalue weighted by Crippen LogP contribution is 2.31. The van der Waals surface area contributed by atoms with Gasteiger partial charge in [0, 0.05) is 12.6 Å². The Balaban J connectivity index is 0.00000162. The smallest absolute Gasteiger partial charge is 0.191 e. The maximum Gasteiger partial charge on any atom is 0.191 e. The Hall–Kier alpha value is -0.300. The summed E-state index contributed by atoms with van der Waals surface area (Å²) in [6.45, 7) is 3.43. The number of hydrogen-bond acceptors (Lipinski definition) is 2. The second-order valence-corrected chi connectivity index (χ2v) is 5.06. The summed E-state index contributed by atoms with van der Waals surface area (Å²) in [5, 5.41) is 16.6. The summed E-state index contributed by atoms with van der Waals surface area (Å²) in [6.07, 6.45) is 9.43. The van der Waals surface area contributed by atoms with Gasteiger partial charge in [0.25, 0.3) is 0 Å². The molecule has 2 aliphatic rings. The van der Waals surface area contributed by atoms with E-state index in [1.807, 2.05) is 0 Å². The zero-order chi connectivity index (χ0) is 12.1. The number of nitrogens with zero attached hydrogens (tertiary/aromatic N) is 1. The molecule has 3 N–H and O–H groups in total. The molecule has 2 rings (SSSR count). The molecule has 1 fully saturated rings. The van der Waals surface area contributed by atoms with Gasteiger partial charge >= 0.3 is 0 Å². The van der Waals surface area contributed by atoms with Crippen LogP contribution in [0.4, 0.5) is 0 Å². The molecule has 0 aromatic rings. The number of nitrogens with one attached hydrogen (secondary N) is 2. The second-order valence-electron chi connectivity index (χ2n) is 5.06. The van der Waals surface area contributed by atoms with Crippen molar-refractivity contribution in [1.82, 2.24) is 10.6 Å². The molecule has 0 bridgehead atoms. The van der Waals surface area contributed by atoms with Crippen LogP contribution in [0.25, 0.3) is 0 Å². The van der Waals surface area contributed by atoms with Crippen LogP contribution in [0.3, 0.4) is 0 Å². The Morgan fingerprint density at radius 3 is 2.56 bits per heavy atom. The van der Waals surface area contributed by atoms with Crippen molar-refractivity contribution in [1.29, 1.82) is 0 Å². The second kappa shape index (κ2) is 7.33. The van der Waals surface area contributed by atoms with Gasteiger partial charge in [0.15, 0.2) is 5.96 Å². The maximum atomic E-state index is 10.0. The van der Waals surface area contributed by atoms with Gasteiger partial charge in [0.1, 0.15) is 0 Å². The topological polar surface area (TPSA) is 56.7 Å². The highest BCUT2D eigenvalue weighted by Gasteiger charge is 2.34. The fraction of sp³-hybridized carbons (Fsp3) is 0.769. The third-order valence-corrected chi connectivity index (χ3v) is 3.51. The molecule has 4 nitrogen and oxygen atoms in total. The van der Waals surface area contributed by atoms with Crippen molar-refractivity contribution in [2.24, 2.45) is 4.99 Å². The van der Waals surface area contributed by atoms with Crippen molar-refractivity contribution >= 4 is 29.9 Å². The molecule has 5 heteroatoms. The molecule has 0 saturated heterocycles. The summed E-state index contributed by atoms with van der Waals surface area (Å²) in [4.78, 5) is 4.49. The first-order valence-corrected chi connectivity index (χ1v) is 6.64. The molecule has 2 aliphatic carbocycles. The van der Waals surface area contributed by atoms with Crippen LogP contribution in [0, 0.1) is 0 Å². The van der Waals surface area contributed by atoms with E-state index in [2.05, 4.69) is 34.7 Å². The summed E-state index contributed by atoms with van der Waals surface area (Å²) < 4.78 is 0. The number of halogens is 1. The quantitative estimate of drug-likeness (QED) is 0.308. The number of hydrogen-bond donors (Lipinski definition) is 3. The predicted molar refractivity (Wildman–Crippen MR) is 85.5 cm³/mol. The Kier molecular flexibility index (Phi) is 6.42. The molecule has 0 atom stereocenters. The molecular formula is C13H24IN3O. The summed E-state index contributed by atoms with van der Waals surface area (Å²) >= 11 is 0. The molecule has 18 heavy (non-hydrogen) atoms. The number of aliphatic imine (C=N–C) groups is 1. The minimum atomic E-state index is -0.531.